The van der Waals surface area contributed by atoms with Gasteiger partial charge in [-0.15, -0.1) is 10.2 Å². The number of hydrogen-bond donors (Lipinski definition) is 1. The molecule has 1 fully saturated rings. The molecule has 0 bridgehead atoms. The number of rotatable bonds is 4. The number of anilines is 1. The van der Waals surface area contributed by atoms with Crippen molar-refractivity contribution in [2.45, 2.75) is 19.8 Å². The summed E-state index contributed by atoms with van der Waals surface area (Å²) in [5.41, 5.74) is 5.54. The summed E-state index contributed by atoms with van der Waals surface area (Å²) in [7, 11) is 0. The average Bonchev–Trinajstić information content (AvgIpc) is 2.62. The molecule has 2 N–H and O–H groups in total. The Labute approximate surface area is 128 Å². The number of amides is 2. The van der Waals surface area contributed by atoms with Crippen LogP contribution >= 0.6 is 11.6 Å². The highest BCUT2D eigenvalue weighted by atomic mass is 35.5. The van der Waals surface area contributed by atoms with Crippen molar-refractivity contribution in [3.8, 4) is 0 Å². The predicted molar refractivity (Wildman–Crippen MR) is 79.3 cm³/mol. The fraction of sp³-hybridized carbons (Fsp3) is 0.538. The second kappa shape index (κ2) is 6.71. The summed E-state index contributed by atoms with van der Waals surface area (Å²) in [6.07, 6.45) is 1.72. The summed E-state index contributed by atoms with van der Waals surface area (Å²) in [5, 5.41) is 7.79. The van der Waals surface area contributed by atoms with E-state index in [0.717, 1.165) is 19.4 Å². The molecule has 8 heteroatoms. The van der Waals surface area contributed by atoms with Crippen LogP contribution in [0.3, 0.4) is 0 Å². The van der Waals surface area contributed by atoms with Gasteiger partial charge in [0.05, 0.1) is 12.1 Å². The lowest BCUT2D eigenvalue weighted by atomic mass is 10.2. The Bertz CT molecular complexity index is 551. The number of carbonyl (C=O) groups is 2. The van der Waals surface area contributed by atoms with Crippen LogP contribution in [0, 0.1) is 0 Å². The van der Waals surface area contributed by atoms with Crippen LogP contribution in [0.4, 0.5) is 5.82 Å². The van der Waals surface area contributed by atoms with Gasteiger partial charge >= 0.3 is 0 Å². The number of carbonyl (C=O) groups excluding carboxylic acids is 2. The quantitative estimate of drug-likeness (QED) is 0.882. The third-order valence-electron chi connectivity index (χ3n) is 3.34. The molecule has 114 valence electrons. The van der Waals surface area contributed by atoms with Crippen molar-refractivity contribution in [3.63, 3.8) is 0 Å². The monoisotopic (exact) mass is 311 g/mol. The molecule has 21 heavy (non-hydrogen) atoms. The fourth-order valence-electron chi connectivity index (χ4n) is 2.38. The van der Waals surface area contributed by atoms with E-state index in [-0.39, 0.29) is 23.2 Å². The molecule has 0 spiro atoms. The molecule has 1 aliphatic rings. The summed E-state index contributed by atoms with van der Waals surface area (Å²) in [5.74, 6) is -0.302. The summed E-state index contributed by atoms with van der Waals surface area (Å²) in [6.45, 7) is 4.25. The van der Waals surface area contributed by atoms with Crippen molar-refractivity contribution < 1.29 is 9.59 Å². The van der Waals surface area contributed by atoms with Crippen LogP contribution in [0.5, 0.6) is 0 Å². The van der Waals surface area contributed by atoms with Gasteiger partial charge in [0.2, 0.25) is 5.91 Å². The van der Waals surface area contributed by atoms with Crippen molar-refractivity contribution >= 4 is 29.2 Å². The van der Waals surface area contributed by atoms with E-state index in [1.165, 1.54) is 6.07 Å². The molecule has 0 radical (unpaired) electrons. The van der Waals surface area contributed by atoms with Gasteiger partial charge in [-0.1, -0.05) is 18.5 Å². The minimum atomic E-state index is -0.635. The van der Waals surface area contributed by atoms with E-state index < -0.39 is 5.91 Å². The zero-order valence-electron chi connectivity index (χ0n) is 11.9. The predicted octanol–water partition coefficient (Wildman–Crippen LogP) is 0.678. The van der Waals surface area contributed by atoms with Crippen LogP contribution in [-0.4, -0.2) is 53.1 Å². The Morgan fingerprint density at radius 3 is 2.86 bits per heavy atom. The first kappa shape index (κ1) is 15.5. The number of nitrogens with two attached hydrogens (primary N) is 1. The highest BCUT2D eigenvalue weighted by molar-refractivity contribution is 6.29. The normalized spacial score (nSPS) is 16.0. The number of nitrogens with zero attached hydrogens (tertiary/aromatic N) is 4. The number of primary amides is 1. The van der Waals surface area contributed by atoms with Gasteiger partial charge in [-0.25, -0.2) is 0 Å². The largest absolute Gasteiger partial charge is 0.365 e. The van der Waals surface area contributed by atoms with Crippen LogP contribution in [0.15, 0.2) is 6.07 Å². The molecule has 1 aromatic heterocycles. The van der Waals surface area contributed by atoms with E-state index in [1.807, 2.05) is 11.8 Å². The Balaban J connectivity index is 2.26. The summed E-state index contributed by atoms with van der Waals surface area (Å²) in [4.78, 5) is 27.3. The van der Waals surface area contributed by atoms with E-state index in [1.54, 1.807) is 4.90 Å². The molecule has 0 unspecified atom stereocenters. The molecule has 1 saturated heterocycles. The van der Waals surface area contributed by atoms with E-state index in [4.69, 9.17) is 17.3 Å². The van der Waals surface area contributed by atoms with Gasteiger partial charge in [-0.05, 0) is 18.9 Å². The van der Waals surface area contributed by atoms with E-state index >= 15 is 0 Å². The van der Waals surface area contributed by atoms with Crippen molar-refractivity contribution in [2.24, 2.45) is 5.73 Å². The summed E-state index contributed by atoms with van der Waals surface area (Å²) in [6, 6.07) is 1.38. The van der Waals surface area contributed by atoms with Crippen molar-refractivity contribution in [1.82, 2.24) is 15.1 Å². The van der Waals surface area contributed by atoms with Crippen molar-refractivity contribution in [3.05, 3.63) is 16.8 Å². The lowest BCUT2D eigenvalue weighted by Crippen LogP contribution is -2.38. The molecular formula is C13H18ClN5O2. The third kappa shape index (κ3) is 3.60. The fourth-order valence-corrected chi connectivity index (χ4v) is 2.53. The van der Waals surface area contributed by atoms with E-state index in [0.29, 0.717) is 18.9 Å². The van der Waals surface area contributed by atoms with Crippen molar-refractivity contribution in [1.29, 1.82) is 0 Å². The van der Waals surface area contributed by atoms with Crippen LogP contribution < -0.4 is 10.6 Å². The highest BCUT2D eigenvalue weighted by Gasteiger charge is 2.25. The molecule has 0 aliphatic carbocycles. The molecular weight excluding hydrogens is 294 g/mol. The molecule has 0 atom stereocenters. The third-order valence-corrected chi connectivity index (χ3v) is 3.52. The van der Waals surface area contributed by atoms with Gasteiger partial charge in [-0.2, -0.15) is 0 Å². The van der Waals surface area contributed by atoms with Gasteiger partial charge in [0.1, 0.15) is 0 Å². The Morgan fingerprint density at radius 2 is 2.19 bits per heavy atom. The maximum atomic E-state index is 12.2. The van der Waals surface area contributed by atoms with Crippen LogP contribution in [-0.2, 0) is 4.79 Å². The first-order valence-corrected chi connectivity index (χ1v) is 7.26. The van der Waals surface area contributed by atoms with Gasteiger partial charge in [0.25, 0.3) is 5.91 Å². The average molecular weight is 312 g/mol. The molecule has 1 aromatic rings. The minimum Gasteiger partial charge on any atom is -0.365 e. The Hall–Kier alpha value is -1.89. The topological polar surface area (TPSA) is 92.4 Å². The maximum Gasteiger partial charge on any atom is 0.252 e. The SMILES string of the molecule is CCCN1CCCN(c2nnc(Cl)cc2C(N)=O)CC1=O. The number of aromatic nitrogens is 2. The van der Waals surface area contributed by atoms with E-state index in [2.05, 4.69) is 10.2 Å². The Morgan fingerprint density at radius 1 is 1.43 bits per heavy atom. The first-order valence-electron chi connectivity index (χ1n) is 6.88. The standard InChI is InChI=1S/C13H18ClN5O2/c1-2-4-18-5-3-6-19(8-11(18)20)13-9(12(15)21)7-10(14)16-17-13/h7H,2-6,8H2,1H3,(H2,15,21). The zero-order valence-corrected chi connectivity index (χ0v) is 12.6. The molecule has 2 amide bonds. The number of hydrogen-bond acceptors (Lipinski definition) is 5. The smallest absolute Gasteiger partial charge is 0.252 e. The van der Waals surface area contributed by atoms with Crippen LogP contribution in [0.25, 0.3) is 0 Å². The van der Waals surface area contributed by atoms with E-state index in [9.17, 15) is 9.59 Å². The van der Waals surface area contributed by atoms with Crippen molar-refractivity contribution in [2.75, 3.05) is 31.1 Å². The molecule has 1 aliphatic heterocycles. The second-order valence-electron chi connectivity index (χ2n) is 4.92. The first-order chi connectivity index (χ1) is 10.0. The van der Waals surface area contributed by atoms with Crippen LogP contribution in [0.1, 0.15) is 30.1 Å². The molecule has 0 saturated carbocycles. The minimum absolute atomic E-state index is 0.0153. The van der Waals surface area contributed by atoms with Crippen LogP contribution in [0.2, 0.25) is 5.15 Å². The lowest BCUT2D eigenvalue weighted by molar-refractivity contribution is -0.129. The van der Waals surface area contributed by atoms with Gasteiger partial charge in [0, 0.05) is 19.6 Å². The van der Waals surface area contributed by atoms with Gasteiger partial charge in [-0.3, -0.25) is 9.59 Å². The zero-order chi connectivity index (χ0) is 15.4. The Kier molecular flexibility index (Phi) is 4.95. The number of halogens is 1. The molecule has 7 nitrogen and oxygen atoms in total. The van der Waals surface area contributed by atoms with Gasteiger partial charge < -0.3 is 15.5 Å². The molecule has 2 heterocycles. The summed E-state index contributed by atoms with van der Waals surface area (Å²) >= 11 is 5.75. The summed E-state index contributed by atoms with van der Waals surface area (Å²) < 4.78 is 0. The maximum absolute atomic E-state index is 12.2. The molecule has 0 aromatic carbocycles. The lowest BCUT2D eigenvalue weighted by Gasteiger charge is -2.22. The second-order valence-corrected chi connectivity index (χ2v) is 5.31. The highest BCUT2D eigenvalue weighted by Crippen LogP contribution is 2.21. The molecule has 2 rings (SSSR count). The van der Waals surface area contributed by atoms with Gasteiger partial charge in [0.15, 0.2) is 11.0 Å².